The largest absolute Gasteiger partial charge is 0.494 e. The van der Waals surface area contributed by atoms with Crippen LogP contribution in [0.3, 0.4) is 0 Å². The number of carbonyl (C=O) groups is 6. The summed E-state index contributed by atoms with van der Waals surface area (Å²) in [5, 5.41) is 11.2. The Bertz CT molecular complexity index is 2190. The van der Waals surface area contributed by atoms with Gasteiger partial charge in [0.05, 0.1) is 42.1 Å². The number of nitrogens with one attached hydrogen (secondary N) is 4. The molecule has 4 N–H and O–H groups in total. The minimum Gasteiger partial charge on any atom is -0.494 e. The number of likely N-dealkylation sites (N-methyl/N-ethyl adjacent to an activating group) is 1. The smallest absolute Gasteiger partial charge is 0.264 e. The Kier molecular flexibility index (Phi) is 12.5. The van der Waals surface area contributed by atoms with Crippen molar-refractivity contribution < 1.29 is 37.9 Å². The summed E-state index contributed by atoms with van der Waals surface area (Å²) in [5.74, 6) is -2.71. The molecule has 0 spiro atoms. The lowest BCUT2D eigenvalue weighted by Gasteiger charge is -2.27. The van der Waals surface area contributed by atoms with Crippen molar-refractivity contribution in [3.8, 4) is 17.0 Å². The molecular weight excluding hydrogens is 742 g/mol. The zero-order valence-electron chi connectivity index (χ0n) is 31.2. The van der Waals surface area contributed by atoms with E-state index in [-0.39, 0.29) is 54.4 Å². The van der Waals surface area contributed by atoms with Gasteiger partial charge in [-0.2, -0.15) is 0 Å². The zero-order valence-corrected chi connectivity index (χ0v) is 32.0. The first kappa shape index (κ1) is 39.7. The van der Waals surface area contributed by atoms with Gasteiger partial charge in [0, 0.05) is 29.1 Å². The van der Waals surface area contributed by atoms with Crippen LogP contribution in [0, 0.1) is 12.7 Å². The number of piperidine rings is 1. The second-order valence-corrected chi connectivity index (χ2v) is 15.0. The van der Waals surface area contributed by atoms with Crippen LogP contribution in [0.15, 0.2) is 60.7 Å². The summed E-state index contributed by atoms with van der Waals surface area (Å²) in [6.45, 7) is 2.96. The number of anilines is 3. The highest BCUT2D eigenvalue weighted by molar-refractivity contribution is 7.16. The van der Waals surface area contributed by atoms with Crippen LogP contribution >= 0.6 is 11.3 Å². The van der Waals surface area contributed by atoms with Gasteiger partial charge in [0.15, 0.2) is 5.13 Å². The Hall–Kier alpha value is -6.00. The van der Waals surface area contributed by atoms with Gasteiger partial charge in [-0.15, -0.1) is 11.3 Å². The quantitative estimate of drug-likeness (QED) is 0.0893. The molecule has 6 rings (SSSR count). The van der Waals surface area contributed by atoms with Crippen molar-refractivity contribution in [1.29, 1.82) is 0 Å². The molecule has 6 amide bonds. The number of aryl methyl sites for hydroxylation is 1. The van der Waals surface area contributed by atoms with Gasteiger partial charge >= 0.3 is 0 Å². The van der Waals surface area contributed by atoms with Crippen molar-refractivity contribution in [2.24, 2.45) is 0 Å². The van der Waals surface area contributed by atoms with Crippen LogP contribution in [0.25, 0.3) is 11.3 Å². The fourth-order valence-corrected chi connectivity index (χ4v) is 7.38. The second kappa shape index (κ2) is 17.6. The number of aromatic nitrogens is 1. The van der Waals surface area contributed by atoms with E-state index in [1.165, 1.54) is 23.5 Å². The molecule has 2 aliphatic rings. The van der Waals surface area contributed by atoms with Gasteiger partial charge in [-0.05, 0) is 88.7 Å². The summed E-state index contributed by atoms with van der Waals surface area (Å²) < 4.78 is 20.8. The molecule has 2 aliphatic heterocycles. The number of nitrogens with zero attached hydrogens (tertiary/aromatic N) is 3. The van der Waals surface area contributed by atoms with Gasteiger partial charge in [0.1, 0.15) is 17.6 Å². The van der Waals surface area contributed by atoms with Crippen LogP contribution in [-0.4, -0.2) is 90.1 Å². The molecule has 3 heterocycles. The van der Waals surface area contributed by atoms with E-state index in [9.17, 15) is 33.2 Å². The molecule has 1 aromatic heterocycles. The number of fused-ring (bicyclic) bond motifs is 1. The Balaban J connectivity index is 0.932. The topological polar surface area (TPSA) is 179 Å². The predicted molar refractivity (Wildman–Crippen MR) is 209 cm³/mol. The van der Waals surface area contributed by atoms with E-state index in [0.29, 0.717) is 41.0 Å². The molecule has 0 saturated carbocycles. The average Bonchev–Trinajstić information content (AvgIpc) is 3.63. The Morgan fingerprint density at radius 1 is 0.964 bits per heavy atom. The highest BCUT2D eigenvalue weighted by Gasteiger charge is 2.45. The van der Waals surface area contributed by atoms with Crippen molar-refractivity contribution in [3.63, 3.8) is 0 Å². The summed E-state index contributed by atoms with van der Waals surface area (Å²) in [6, 6.07) is 15.7. The SMILES string of the molecule is Cc1sc(NC(=O)Cc2cccc(OCCCCCNc3cccc4c3C(=O)N(C3CCC(=O)NC3=O)C4=O)c2)nc1-c1ccc(NC(=O)CN(C)C)c(F)c1. The van der Waals surface area contributed by atoms with E-state index in [2.05, 4.69) is 26.3 Å². The Labute approximate surface area is 326 Å². The first-order chi connectivity index (χ1) is 26.9. The van der Waals surface area contributed by atoms with Crippen LogP contribution in [0.5, 0.6) is 5.75 Å². The lowest BCUT2D eigenvalue weighted by molar-refractivity contribution is -0.136. The summed E-state index contributed by atoms with van der Waals surface area (Å²) in [5.41, 5.74) is 2.87. The van der Waals surface area contributed by atoms with E-state index in [1.807, 2.05) is 31.2 Å². The lowest BCUT2D eigenvalue weighted by atomic mass is 10.0. The van der Waals surface area contributed by atoms with Crippen LogP contribution in [0.2, 0.25) is 0 Å². The van der Waals surface area contributed by atoms with Crippen molar-refractivity contribution in [3.05, 3.63) is 88.0 Å². The molecule has 1 fully saturated rings. The molecule has 3 aromatic carbocycles. The first-order valence-electron chi connectivity index (χ1n) is 18.2. The molecule has 1 atom stereocenters. The third kappa shape index (κ3) is 9.44. The van der Waals surface area contributed by atoms with Crippen LogP contribution in [0.4, 0.5) is 20.9 Å². The molecule has 292 valence electrons. The molecule has 14 nitrogen and oxygen atoms in total. The number of rotatable bonds is 16. The standard InChI is InChI=1S/C40H42FN7O7S/c1-23-36(25-13-14-29(28(41)21-25)43-34(51)22-47(2)3)46-40(56-23)45-33(50)20-24-9-7-10-26(19-24)55-18-6-4-5-17-42-30-12-8-11-27-35(30)39(54)48(38(27)53)31-15-16-32(49)44-37(31)52/h7-14,19,21,31,42H,4-6,15-18,20,22H2,1-3H3,(H,43,51)(H,44,49,52)(H,45,46,50). The fraction of sp³-hybridized carbons (Fsp3) is 0.325. The minimum atomic E-state index is -1.02. The molecule has 1 unspecified atom stereocenters. The average molecular weight is 784 g/mol. The molecule has 16 heteroatoms. The van der Waals surface area contributed by atoms with E-state index in [0.717, 1.165) is 34.6 Å². The number of thiazole rings is 1. The van der Waals surface area contributed by atoms with Gasteiger partial charge in [0.25, 0.3) is 11.8 Å². The van der Waals surface area contributed by atoms with Gasteiger partial charge in [-0.3, -0.25) is 39.0 Å². The minimum absolute atomic E-state index is 0.0578. The van der Waals surface area contributed by atoms with E-state index in [1.54, 1.807) is 43.3 Å². The van der Waals surface area contributed by atoms with Crippen molar-refractivity contribution in [2.75, 3.05) is 49.7 Å². The van der Waals surface area contributed by atoms with Crippen molar-refractivity contribution >= 4 is 63.3 Å². The van der Waals surface area contributed by atoms with Gasteiger partial charge < -0.3 is 25.6 Å². The molecule has 0 bridgehead atoms. The summed E-state index contributed by atoms with van der Waals surface area (Å²) in [6.07, 6.45) is 2.58. The summed E-state index contributed by atoms with van der Waals surface area (Å²) in [4.78, 5) is 83.3. The Morgan fingerprint density at radius 3 is 2.54 bits per heavy atom. The van der Waals surface area contributed by atoms with E-state index in [4.69, 9.17) is 4.74 Å². The van der Waals surface area contributed by atoms with Gasteiger partial charge in [0.2, 0.25) is 23.6 Å². The number of hydrogen-bond donors (Lipinski definition) is 4. The second-order valence-electron chi connectivity index (χ2n) is 13.8. The third-order valence-electron chi connectivity index (χ3n) is 9.16. The highest BCUT2D eigenvalue weighted by Crippen LogP contribution is 2.34. The number of unbranched alkanes of at least 4 members (excludes halogenated alkanes) is 2. The molecule has 1 saturated heterocycles. The summed E-state index contributed by atoms with van der Waals surface area (Å²) >= 11 is 1.28. The van der Waals surface area contributed by atoms with Crippen LogP contribution in [0.1, 0.15) is 63.3 Å². The lowest BCUT2D eigenvalue weighted by Crippen LogP contribution is -2.54. The number of ether oxygens (including phenoxy) is 1. The third-order valence-corrected chi connectivity index (χ3v) is 10.0. The highest BCUT2D eigenvalue weighted by atomic mass is 32.1. The maximum atomic E-state index is 14.8. The number of amides is 6. The maximum Gasteiger partial charge on any atom is 0.264 e. The van der Waals surface area contributed by atoms with Crippen LogP contribution in [-0.2, 0) is 25.6 Å². The number of carbonyl (C=O) groups excluding carboxylic acids is 6. The molecule has 0 aliphatic carbocycles. The van der Waals surface area contributed by atoms with Gasteiger partial charge in [-0.1, -0.05) is 24.3 Å². The van der Waals surface area contributed by atoms with Gasteiger partial charge in [-0.25, -0.2) is 9.37 Å². The number of benzene rings is 3. The number of halogens is 1. The summed E-state index contributed by atoms with van der Waals surface area (Å²) in [7, 11) is 3.50. The number of hydrogen-bond acceptors (Lipinski definition) is 11. The molecular formula is C40H42FN7O7S. The van der Waals surface area contributed by atoms with Crippen molar-refractivity contribution in [1.82, 2.24) is 20.1 Å². The maximum absolute atomic E-state index is 14.8. The number of imide groups is 2. The molecule has 4 aromatic rings. The van der Waals surface area contributed by atoms with E-state index >= 15 is 0 Å². The zero-order chi connectivity index (χ0) is 39.9. The predicted octanol–water partition coefficient (Wildman–Crippen LogP) is 5.00. The monoisotopic (exact) mass is 783 g/mol. The normalized spacial score (nSPS) is 15.2. The Morgan fingerprint density at radius 2 is 1.77 bits per heavy atom. The molecule has 0 radical (unpaired) electrons. The fourth-order valence-electron chi connectivity index (χ4n) is 6.53. The van der Waals surface area contributed by atoms with Crippen molar-refractivity contribution in [2.45, 2.75) is 51.5 Å². The first-order valence-corrected chi connectivity index (χ1v) is 19.0. The van der Waals surface area contributed by atoms with Crippen LogP contribution < -0.4 is 26.0 Å². The molecule has 56 heavy (non-hydrogen) atoms. The van der Waals surface area contributed by atoms with E-state index < -0.39 is 35.5 Å².